The molecule has 1 aromatic rings. The highest BCUT2D eigenvalue weighted by Crippen LogP contribution is 2.30. The van der Waals surface area contributed by atoms with Gasteiger partial charge in [0.15, 0.2) is 5.22 Å². The van der Waals surface area contributed by atoms with Gasteiger partial charge in [0.2, 0.25) is 0 Å². The smallest absolute Gasteiger partial charge is 0.193 e. The van der Waals surface area contributed by atoms with Crippen LogP contribution in [0.25, 0.3) is 0 Å². The molecule has 1 aliphatic heterocycles. The Hall–Kier alpha value is -0.930. The summed E-state index contributed by atoms with van der Waals surface area (Å²) in [4.78, 5) is 0. The Morgan fingerprint density at radius 1 is 1.47 bits per heavy atom. The molecule has 0 radical (unpaired) electrons. The van der Waals surface area contributed by atoms with Crippen LogP contribution in [-0.2, 0) is 4.74 Å². The molecule has 1 aliphatic rings. The van der Waals surface area contributed by atoms with E-state index in [9.17, 15) is 0 Å². The second kappa shape index (κ2) is 6.12. The Labute approximate surface area is 107 Å². The molecule has 1 N–H and O–H groups in total. The molecule has 0 spiro atoms. The highest BCUT2D eigenvalue weighted by Gasteiger charge is 2.21. The van der Waals surface area contributed by atoms with E-state index in [1.54, 1.807) is 6.07 Å². The summed E-state index contributed by atoms with van der Waals surface area (Å²) < 4.78 is 10.9. The number of nitrogens with one attached hydrogen (secondary N) is 1. The third-order valence-electron chi connectivity index (χ3n) is 2.81. The minimum absolute atomic E-state index is 0.0859. The lowest BCUT2D eigenvalue weighted by molar-refractivity contribution is 0.217. The lowest BCUT2D eigenvalue weighted by Crippen LogP contribution is -2.25. The zero-order valence-corrected chi connectivity index (χ0v) is 10.8. The Bertz CT molecular complexity index is 387. The fourth-order valence-corrected chi connectivity index (χ4v) is 2.14. The molecule has 4 heteroatoms. The first kappa shape index (κ1) is 12.5. The van der Waals surface area contributed by atoms with Crippen LogP contribution >= 0.6 is 11.6 Å². The van der Waals surface area contributed by atoms with Gasteiger partial charge in [-0.1, -0.05) is 6.92 Å². The van der Waals surface area contributed by atoms with Crippen molar-refractivity contribution < 1.29 is 9.15 Å². The van der Waals surface area contributed by atoms with Crippen LogP contribution in [-0.4, -0.2) is 13.2 Å². The maximum absolute atomic E-state index is 5.83. The van der Waals surface area contributed by atoms with E-state index in [4.69, 9.17) is 20.8 Å². The summed E-state index contributed by atoms with van der Waals surface area (Å²) in [6.07, 6.45) is 5.04. The van der Waals surface area contributed by atoms with Crippen LogP contribution in [0, 0.1) is 0 Å². The van der Waals surface area contributed by atoms with Gasteiger partial charge in [0.25, 0.3) is 0 Å². The first-order valence-corrected chi connectivity index (χ1v) is 6.48. The quantitative estimate of drug-likeness (QED) is 0.872. The van der Waals surface area contributed by atoms with E-state index in [-0.39, 0.29) is 6.04 Å². The summed E-state index contributed by atoms with van der Waals surface area (Å²) in [5, 5.41) is 3.90. The van der Waals surface area contributed by atoms with E-state index in [0.717, 1.165) is 38.2 Å². The Kier molecular flexibility index (Phi) is 4.51. The Morgan fingerprint density at radius 2 is 2.35 bits per heavy atom. The molecule has 2 heterocycles. The van der Waals surface area contributed by atoms with Gasteiger partial charge in [-0.3, -0.25) is 0 Å². The molecule has 0 saturated heterocycles. The molecule has 0 bridgehead atoms. The SMILES string of the molecule is CCCNC(C1=COCCC1)c1ccc(Cl)o1. The highest BCUT2D eigenvalue weighted by molar-refractivity contribution is 6.28. The summed E-state index contributed by atoms with van der Waals surface area (Å²) in [6.45, 7) is 3.90. The van der Waals surface area contributed by atoms with E-state index >= 15 is 0 Å². The van der Waals surface area contributed by atoms with Crippen LogP contribution in [0.4, 0.5) is 0 Å². The third kappa shape index (κ3) is 3.27. The van der Waals surface area contributed by atoms with Gasteiger partial charge in [-0.2, -0.15) is 0 Å². The van der Waals surface area contributed by atoms with Gasteiger partial charge >= 0.3 is 0 Å². The molecule has 0 aromatic carbocycles. The third-order valence-corrected chi connectivity index (χ3v) is 3.01. The van der Waals surface area contributed by atoms with E-state index in [0.29, 0.717) is 5.22 Å². The van der Waals surface area contributed by atoms with E-state index in [2.05, 4.69) is 12.2 Å². The fraction of sp³-hybridized carbons (Fsp3) is 0.538. The molecule has 0 saturated carbocycles. The largest absolute Gasteiger partial charge is 0.501 e. The van der Waals surface area contributed by atoms with Crippen molar-refractivity contribution in [3.8, 4) is 0 Å². The van der Waals surface area contributed by atoms with Crippen molar-refractivity contribution in [3.63, 3.8) is 0 Å². The minimum atomic E-state index is 0.0859. The Balaban J connectivity index is 2.15. The van der Waals surface area contributed by atoms with Gasteiger partial charge in [0.05, 0.1) is 18.9 Å². The molecule has 1 atom stereocenters. The molecular weight excluding hydrogens is 238 g/mol. The molecule has 0 fully saturated rings. The van der Waals surface area contributed by atoms with Crippen molar-refractivity contribution in [1.82, 2.24) is 5.32 Å². The number of rotatable bonds is 5. The second-order valence-electron chi connectivity index (χ2n) is 4.20. The van der Waals surface area contributed by atoms with Gasteiger partial charge in [0, 0.05) is 0 Å². The summed E-state index contributed by atoms with van der Waals surface area (Å²) in [5.74, 6) is 0.861. The molecule has 17 heavy (non-hydrogen) atoms. The Morgan fingerprint density at radius 3 is 2.94 bits per heavy atom. The van der Waals surface area contributed by atoms with E-state index < -0.39 is 0 Å². The molecular formula is C13H18ClNO2. The van der Waals surface area contributed by atoms with E-state index in [1.165, 1.54) is 5.57 Å². The van der Waals surface area contributed by atoms with Crippen LogP contribution < -0.4 is 5.32 Å². The summed E-state index contributed by atoms with van der Waals surface area (Å²) in [6, 6.07) is 3.79. The van der Waals surface area contributed by atoms with Crippen LogP contribution in [0.15, 0.2) is 28.4 Å². The molecule has 3 nitrogen and oxygen atoms in total. The number of hydrogen-bond acceptors (Lipinski definition) is 3. The van der Waals surface area contributed by atoms with Crippen LogP contribution in [0.3, 0.4) is 0 Å². The van der Waals surface area contributed by atoms with Crippen LogP contribution in [0.1, 0.15) is 38.0 Å². The molecule has 0 aliphatic carbocycles. The molecule has 2 rings (SSSR count). The highest BCUT2D eigenvalue weighted by atomic mass is 35.5. The van der Waals surface area contributed by atoms with Gasteiger partial charge in [-0.05, 0) is 55.1 Å². The summed E-state index contributed by atoms with van der Waals surface area (Å²) in [5.41, 5.74) is 1.23. The molecule has 94 valence electrons. The normalized spacial score (nSPS) is 17.4. The monoisotopic (exact) mass is 255 g/mol. The van der Waals surface area contributed by atoms with Crippen molar-refractivity contribution in [2.75, 3.05) is 13.2 Å². The molecule has 1 unspecified atom stereocenters. The lowest BCUT2D eigenvalue weighted by Gasteiger charge is -2.22. The maximum atomic E-state index is 5.83. The first-order chi connectivity index (χ1) is 8.31. The molecule has 0 amide bonds. The molecule has 1 aromatic heterocycles. The average molecular weight is 256 g/mol. The first-order valence-electron chi connectivity index (χ1n) is 6.10. The topological polar surface area (TPSA) is 34.4 Å². The zero-order chi connectivity index (χ0) is 12.1. The van der Waals surface area contributed by atoms with Crippen molar-refractivity contribution in [2.45, 2.75) is 32.2 Å². The van der Waals surface area contributed by atoms with Gasteiger partial charge < -0.3 is 14.5 Å². The maximum Gasteiger partial charge on any atom is 0.193 e. The predicted molar refractivity (Wildman–Crippen MR) is 68.0 cm³/mol. The number of hydrogen-bond donors (Lipinski definition) is 1. The van der Waals surface area contributed by atoms with Gasteiger partial charge in [-0.25, -0.2) is 0 Å². The summed E-state index contributed by atoms with van der Waals surface area (Å²) >= 11 is 5.83. The fourth-order valence-electron chi connectivity index (χ4n) is 1.98. The zero-order valence-electron chi connectivity index (χ0n) is 10.0. The van der Waals surface area contributed by atoms with Gasteiger partial charge in [0.1, 0.15) is 5.76 Å². The van der Waals surface area contributed by atoms with Crippen LogP contribution in [0.2, 0.25) is 5.22 Å². The number of halogens is 1. The van der Waals surface area contributed by atoms with Crippen molar-refractivity contribution in [2.24, 2.45) is 0 Å². The minimum Gasteiger partial charge on any atom is -0.501 e. The summed E-state index contributed by atoms with van der Waals surface area (Å²) in [7, 11) is 0. The van der Waals surface area contributed by atoms with Crippen molar-refractivity contribution in [3.05, 3.63) is 34.9 Å². The van der Waals surface area contributed by atoms with E-state index in [1.807, 2.05) is 12.3 Å². The van der Waals surface area contributed by atoms with Crippen molar-refractivity contribution >= 4 is 11.6 Å². The van der Waals surface area contributed by atoms with Gasteiger partial charge in [-0.15, -0.1) is 0 Å². The standard InChI is InChI=1S/C13H18ClNO2/c1-2-7-15-13(10-4-3-8-16-9-10)11-5-6-12(14)17-11/h5-6,9,13,15H,2-4,7-8H2,1H3. The number of furan rings is 1. The lowest BCUT2D eigenvalue weighted by atomic mass is 10.00. The van der Waals surface area contributed by atoms with Crippen LogP contribution in [0.5, 0.6) is 0 Å². The predicted octanol–water partition coefficient (Wildman–Crippen LogP) is 3.67. The average Bonchev–Trinajstić information content (AvgIpc) is 2.78. The number of ether oxygens (including phenoxy) is 1. The van der Waals surface area contributed by atoms with Crippen molar-refractivity contribution in [1.29, 1.82) is 0 Å². The second-order valence-corrected chi connectivity index (χ2v) is 4.57.